The van der Waals surface area contributed by atoms with E-state index in [2.05, 4.69) is 0 Å². The number of esters is 1. The number of aryl methyl sites for hydroxylation is 3. The van der Waals surface area contributed by atoms with Gasteiger partial charge in [-0.2, -0.15) is 0 Å². The Kier molecular flexibility index (Phi) is 4.99. The first-order valence-corrected chi connectivity index (χ1v) is 7.00. The summed E-state index contributed by atoms with van der Waals surface area (Å²) in [7, 11) is 0. The standard InChI is InChI=1S/C18H20O3/c1-13-4-8-17(9-5-13)20-10-11-21-18(19)16-7-6-14(2)15(3)12-16/h4-9,12H,10-11H2,1-3H3. The van der Waals surface area contributed by atoms with Gasteiger partial charge in [0, 0.05) is 0 Å². The highest BCUT2D eigenvalue weighted by Crippen LogP contribution is 2.12. The number of hydrogen-bond acceptors (Lipinski definition) is 3. The van der Waals surface area contributed by atoms with Crippen LogP contribution in [0.15, 0.2) is 42.5 Å². The van der Waals surface area contributed by atoms with Gasteiger partial charge < -0.3 is 9.47 Å². The second-order valence-electron chi connectivity index (χ2n) is 5.10. The third-order valence-corrected chi connectivity index (χ3v) is 3.35. The average molecular weight is 284 g/mol. The van der Waals surface area contributed by atoms with Crippen LogP contribution < -0.4 is 4.74 Å². The molecular weight excluding hydrogens is 264 g/mol. The monoisotopic (exact) mass is 284 g/mol. The van der Waals surface area contributed by atoms with Gasteiger partial charge in [0.05, 0.1) is 5.56 Å². The van der Waals surface area contributed by atoms with Gasteiger partial charge in [-0.3, -0.25) is 0 Å². The molecule has 0 aromatic heterocycles. The number of ether oxygens (including phenoxy) is 2. The highest BCUT2D eigenvalue weighted by atomic mass is 16.6. The van der Waals surface area contributed by atoms with Crippen LogP contribution in [0.3, 0.4) is 0 Å². The fourth-order valence-electron chi connectivity index (χ4n) is 1.88. The molecule has 110 valence electrons. The van der Waals surface area contributed by atoms with Crippen LogP contribution in [0.25, 0.3) is 0 Å². The lowest BCUT2D eigenvalue weighted by molar-refractivity contribution is 0.0450. The molecule has 0 radical (unpaired) electrons. The van der Waals surface area contributed by atoms with Crippen molar-refractivity contribution >= 4 is 5.97 Å². The number of rotatable bonds is 5. The molecule has 0 unspecified atom stereocenters. The zero-order valence-electron chi connectivity index (χ0n) is 12.7. The van der Waals surface area contributed by atoms with Crippen molar-refractivity contribution in [1.29, 1.82) is 0 Å². The minimum Gasteiger partial charge on any atom is -0.490 e. The van der Waals surface area contributed by atoms with Crippen LogP contribution >= 0.6 is 0 Å². The van der Waals surface area contributed by atoms with Crippen molar-refractivity contribution in [2.24, 2.45) is 0 Å². The summed E-state index contributed by atoms with van der Waals surface area (Å²) in [4.78, 5) is 11.9. The largest absolute Gasteiger partial charge is 0.490 e. The summed E-state index contributed by atoms with van der Waals surface area (Å²) in [6.45, 7) is 6.60. The molecule has 3 heteroatoms. The molecule has 0 heterocycles. The third kappa shape index (κ3) is 4.35. The Balaban J connectivity index is 1.79. The maximum Gasteiger partial charge on any atom is 0.338 e. The topological polar surface area (TPSA) is 35.5 Å². The second-order valence-corrected chi connectivity index (χ2v) is 5.10. The van der Waals surface area contributed by atoms with E-state index in [4.69, 9.17) is 9.47 Å². The molecule has 2 rings (SSSR count). The molecular formula is C18H20O3. The molecule has 21 heavy (non-hydrogen) atoms. The Morgan fingerprint density at radius 1 is 0.905 bits per heavy atom. The maximum absolute atomic E-state index is 11.9. The van der Waals surface area contributed by atoms with E-state index in [0.717, 1.165) is 16.9 Å². The van der Waals surface area contributed by atoms with Crippen molar-refractivity contribution in [3.8, 4) is 5.75 Å². The molecule has 0 saturated carbocycles. The normalized spacial score (nSPS) is 10.2. The van der Waals surface area contributed by atoms with E-state index < -0.39 is 0 Å². The maximum atomic E-state index is 11.9. The van der Waals surface area contributed by atoms with Gasteiger partial charge >= 0.3 is 5.97 Å². The van der Waals surface area contributed by atoms with Crippen LogP contribution in [-0.4, -0.2) is 19.2 Å². The summed E-state index contributed by atoms with van der Waals surface area (Å²) in [5.74, 6) is 0.466. The molecule has 0 N–H and O–H groups in total. The molecule has 2 aromatic rings. The molecule has 0 atom stereocenters. The summed E-state index contributed by atoms with van der Waals surface area (Å²) in [5, 5.41) is 0. The summed E-state index contributed by atoms with van der Waals surface area (Å²) in [5.41, 5.74) is 4.01. The molecule has 0 aliphatic heterocycles. The fraction of sp³-hybridized carbons (Fsp3) is 0.278. The average Bonchev–Trinajstić information content (AvgIpc) is 2.48. The van der Waals surface area contributed by atoms with Gasteiger partial charge in [-0.05, 0) is 56.2 Å². The zero-order chi connectivity index (χ0) is 15.2. The van der Waals surface area contributed by atoms with Crippen molar-refractivity contribution in [3.63, 3.8) is 0 Å². The van der Waals surface area contributed by atoms with Gasteiger partial charge in [0.15, 0.2) is 0 Å². The van der Waals surface area contributed by atoms with Crippen LogP contribution in [0.1, 0.15) is 27.0 Å². The fourth-order valence-corrected chi connectivity index (χ4v) is 1.88. The lowest BCUT2D eigenvalue weighted by Gasteiger charge is -2.08. The number of hydrogen-bond donors (Lipinski definition) is 0. The molecule has 3 nitrogen and oxygen atoms in total. The van der Waals surface area contributed by atoms with Gasteiger partial charge in [0.25, 0.3) is 0 Å². The number of carbonyl (C=O) groups is 1. The molecule has 0 bridgehead atoms. The SMILES string of the molecule is Cc1ccc(OCCOC(=O)c2ccc(C)c(C)c2)cc1. The van der Waals surface area contributed by atoms with Crippen molar-refractivity contribution in [2.45, 2.75) is 20.8 Å². The van der Waals surface area contributed by atoms with Gasteiger partial charge in [-0.1, -0.05) is 23.8 Å². The number of carbonyl (C=O) groups excluding carboxylic acids is 1. The molecule has 0 aliphatic carbocycles. The zero-order valence-corrected chi connectivity index (χ0v) is 12.7. The van der Waals surface area contributed by atoms with Crippen molar-refractivity contribution in [2.75, 3.05) is 13.2 Å². The van der Waals surface area contributed by atoms with Crippen molar-refractivity contribution < 1.29 is 14.3 Å². The van der Waals surface area contributed by atoms with Crippen LogP contribution in [0.5, 0.6) is 5.75 Å². The van der Waals surface area contributed by atoms with E-state index in [1.165, 1.54) is 5.56 Å². The van der Waals surface area contributed by atoms with Crippen molar-refractivity contribution in [3.05, 3.63) is 64.7 Å². The second kappa shape index (κ2) is 6.93. The van der Waals surface area contributed by atoms with E-state index in [-0.39, 0.29) is 12.6 Å². The summed E-state index contributed by atoms with van der Waals surface area (Å²) in [6.07, 6.45) is 0. The smallest absolute Gasteiger partial charge is 0.338 e. The minimum absolute atomic E-state index is 0.236. The highest BCUT2D eigenvalue weighted by Gasteiger charge is 2.07. The first-order valence-electron chi connectivity index (χ1n) is 7.00. The van der Waals surface area contributed by atoms with E-state index in [1.807, 2.05) is 57.2 Å². The van der Waals surface area contributed by atoms with Gasteiger partial charge in [0.2, 0.25) is 0 Å². The lowest BCUT2D eigenvalue weighted by atomic mass is 10.1. The minimum atomic E-state index is -0.314. The first kappa shape index (κ1) is 15.1. The van der Waals surface area contributed by atoms with E-state index in [9.17, 15) is 4.79 Å². The van der Waals surface area contributed by atoms with E-state index in [1.54, 1.807) is 6.07 Å². The summed E-state index contributed by atoms with van der Waals surface area (Å²) in [6, 6.07) is 13.3. The van der Waals surface area contributed by atoms with Crippen LogP contribution in [-0.2, 0) is 4.74 Å². The Labute approximate surface area is 125 Å². The molecule has 0 fully saturated rings. The van der Waals surface area contributed by atoms with Crippen molar-refractivity contribution in [1.82, 2.24) is 0 Å². The highest BCUT2D eigenvalue weighted by molar-refractivity contribution is 5.89. The van der Waals surface area contributed by atoms with Gasteiger partial charge in [-0.25, -0.2) is 4.79 Å². The Morgan fingerprint density at radius 2 is 1.62 bits per heavy atom. The molecule has 2 aromatic carbocycles. The Bertz CT molecular complexity index is 615. The van der Waals surface area contributed by atoms with Gasteiger partial charge in [0.1, 0.15) is 19.0 Å². The third-order valence-electron chi connectivity index (χ3n) is 3.35. The predicted molar refractivity (Wildman–Crippen MR) is 82.9 cm³/mol. The van der Waals surface area contributed by atoms with Gasteiger partial charge in [-0.15, -0.1) is 0 Å². The molecule has 0 saturated heterocycles. The van der Waals surface area contributed by atoms with E-state index >= 15 is 0 Å². The first-order chi connectivity index (χ1) is 10.1. The summed E-state index contributed by atoms with van der Waals surface area (Å²) >= 11 is 0. The van der Waals surface area contributed by atoms with Crippen LogP contribution in [0, 0.1) is 20.8 Å². The molecule has 0 amide bonds. The summed E-state index contributed by atoms with van der Waals surface area (Å²) < 4.78 is 10.7. The number of benzene rings is 2. The van der Waals surface area contributed by atoms with E-state index in [0.29, 0.717) is 12.2 Å². The molecule has 0 aliphatic rings. The predicted octanol–water partition coefficient (Wildman–Crippen LogP) is 3.85. The Hall–Kier alpha value is -2.29. The quantitative estimate of drug-likeness (QED) is 0.618. The Morgan fingerprint density at radius 3 is 2.29 bits per heavy atom. The van der Waals surface area contributed by atoms with Crippen LogP contribution in [0.2, 0.25) is 0 Å². The lowest BCUT2D eigenvalue weighted by Crippen LogP contribution is -2.12. The molecule has 0 spiro atoms. The van der Waals surface area contributed by atoms with Crippen LogP contribution in [0.4, 0.5) is 0 Å².